The van der Waals surface area contributed by atoms with Crippen molar-refractivity contribution in [2.75, 3.05) is 20.6 Å². The van der Waals surface area contributed by atoms with E-state index >= 15 is 0 Å². The molecular formula is C16H24ClN3. The minimum Gasteiger partial charge on any atom is -0.309 e. The van der Waals surface area contributed by atoms with Gasteiger partial charge in [0.1, 0.15) is 0 Å². The van der Waals surface area contributed by atoms with Crippen molar-refractivity contribution in [2.45, 2.75) is 26.7 Å². The molecule has 20 heavy (non-hydrogen) atoms. The number of halogens is 1. The van der Waals surface area contributed by atoms with E-state index in [1.165, 1.54) is 17.7 Å². The Morgan fingerprint density at radius 1 is 1.15 bits per heavy atom. The summed E-state index contributed by atoms with van der Waals surface area (Å²) in [4.78, 5) is 2.23. The van der Waals surface area contributed by atoms with E-state index in [0.717, 1.165) is 24.3 Å². The molecule has 1 heterocycles. The number of hydrogen-bond donors (Lipinski definition) is 0. The average molecular weight is 294 g/mol. The molecule has 3 nitrogen and oxygen atoms in total. The van der Waals surface area contributed by atoms with Crippen LogP contribution in [0.3, 0.4) is 0 Å². The van der Waals surface area contributed by atoms with Gasteiger partial charge in [-0.15, -0.1) is 12.4 Å². The lowest BCUT2D eigenvalue weighted by Gasteiger charge is -2.10. The van der Waals surface area contributed by atoms with E-state index in [1.807, 2.05) is 11.6 Å². The molecular weight excluding hydrogens is 270 g/mol. The van der Waals surface area contributed by atoms with E-state index in [2.05, 4.69) is 61.3 Å². The van der Waals surface area contributed by atoms with Crippen LogP contribution in [0.1, 0.15) is 23.4 Å². The average Bonchev–Trinajstić information content (AvgIpc) is 2.68. The van der Waals surface area contributed by atoms with Crippen LogP contribution in [0.4, 0.5) is 0 Å². The highest BCUT2D eigenvalue weighted by atomic mass is 35.5. The van der Waals surface area contributed by atoms with Crippen LogP contribution in [0.25, 0.3) is 5.69 Å². The minimum atomic E-state index is 0. The lowest BCUT2D eigenvalue weighted by atomic mass is 10.1. The molecule has 0 saturated heterocycles. The van der Waals surface area contributed by atoms with Gasteiger partial charge in [0.25, 0.3) is 0 Å². The zero-order chi connectivity index (χ0) is 13.8. The Kier molecular flexibility index (Phi) is 6.24. The number of hydrogen-bond acceptors (Lipinski definition) is 2. The van der Waals surface area contributed by atoms with Crippen LogP contribution in [0.2, 0.25) is 0 Å². The first-order valence-electron chi connectivity index (χ1n) is 6.83. The summed E-state index contributed by atoms with van der Waals surface area (Å²) in [6, 6.07) is 10.8. The van der Waals surface area contributed by atoms with E-state index in [1.54, 1.807) is 0 Å². The lowest BCUT2D eigenvalue weighted by molar-refractivity contribution is 0.400. The first kappa shape index (κ1) is 16.7. The molecule has 1 aromatic carbocycles. The maximum absolute atomic E-state index is 4.54. The molecule has 0 amide bonds. The zero-order valence-corrected chi connectivity index (χ0v) is 13.6. The quantitative estimate of drug-likeness (QED) is 0.842. The lowest BCUT2D eigenvalue weighted by Crippen LogP contribution is -2.13. The minimum absolute atomic E-state index is 0. The number of aryl methyl sites for hydroxylation is 3. The monoisotopic (exact) mass is 293 g/mol. The number of benzene rings is 1. The van der Waals surface area contributed by atoms with Crippen molar-refractivity contribution >= 4 is 12.4 Å². The summed E-state index contributed by atoms with van der Waals surface area (Å²) in [6.45, 7) is 5.26. The molecule has 0 radical (unpaired) electrons. The molecule has 2 aromatic rings. The molecule has 2 rings (SSSR count). The third-order valence-electron chi connectivity index (χ3n) is 3.24. The summed E-state index contributed by atoms with van der Waals surface area (Å²) in [7, 11) is 4.23. The highest BCUT2D eigenvalue weighted by molar-refractivity contribution is 5.85. The van der Waals surface area contributed by atoms with Gasteiger partial charge in [0, 0.05) is 5.69 Å². The van der Waals surface area contributed by atoms with Crippen molar-refractivity contribution in [3.8, 4) is 5.69 Å². The predicted octanol–water partition coefficient (Wildman–Crippen LogP) is 3.41. The van der Waals surface area contributed by atoms with Crippen molar-refractivity contribution in [3.63, 3.8) is 0 Å². The van der Waals surface area contributed by atoms with Gasteiger partial charge in [-0.25, -0.2) is 4.68 Å². The Labute approximate surface area is 128 Å². The van der Waals surface area contributed by atoms with Crippen molar-refractivity contribution in [1.29, 1.82) is 0 Å². The Morgan fingerprint density at radius 3 is 2.50 bits per heavy atom. The first-order chi connectivity index (χ1) is 9.06. The van der Waals surface area contributed by atoms with Crippen LogP contribution in [-0.2, 0) is 6.42 Å². The standard InChI is InChI=1S/C16H23N3.ClH/c1-13-11-14(2)19(17-13)16-9-5-7-15(12-16)8-6-10-18(3)4;/h5,7,9,11-12H,6,8,10H2,1-4H3;1H. The van der Waals surface area contributed by atoms with Gasteiger partial charge in [0.15, 0.2) is 0 Å². The second-order valence-electron chi connectivity index (χ2n) is 5.42. The SMILES string of the molecule is Cc1cc(C)n(-c2cccc(CCCN(C)C)c2)n1.Cl. The maximum Gasteiger partial charge on any atom is 0.0651 e. The number of nitrogens with zero attached hydrogens (tertiary/aromatic N) is 3. The number of aromatic nitrogens is 2. The third kappa shape index (κ3) is 4.36. The summed E-state index contributed by atoms with van der Waals surface area (Å²) >= 11 is 0. The highest BCUT2D eigenvalue weighted by Gasteiger charge is 2.04. The largest absolute Gasteiger partial charge is 0.309 e. The Morgan fingerprint density at radius 2 is 1.90 bits per heavy atom. The normalized spacial score (nSPS) is 10.7. The molecule has 110 valence electrons. The molecule has 0 bridgehead atoms. The third-order valence-corrected chi connectivity index (χ3v) is 3.24. The molecule has 0 aliphatic carbocycles. The molecule has 1 aromatic heterocycles. The predicted molar refractivity (Wildman–Crippen MR) is 87.2 cm³/mol. The molecule has 0 spiro atoms. The van der Waals surface area contributed by atoms with Crippen molar-refractivity contribution in [1.82, 2.24) is 14.7 Å². The summed E-state index contributed by atoms with van der Waals surface area (Å²) in [5.74, 6) is 0. The molecule has 0 saturated carbocycles. The van der Waals surface area contributed by atoms with Crippen LogP contribution in [-0.4, -0.2) is 35.3 Å². The van der Waals surface area contributed by atoms with Gasteiger partial charge >= 0.3 is 0 Å². The zero-order valence-electron chi connectivity index (χ0n) is 12.8. The Bertz CT molecular complexity index is 546. The molecule has 0 fully saturated rings. The van der Waals surface area contributed by atoms with E-state index in [4.69, 9.17) is 0 Å². The summed E-state index contributed by atoms with van der Waals surface area (Å²) in [6.07, 6.45) is 2.30. The van der Waals surface area contributed by atoms with E-state index < -0.39 is 0 Å². The summed E-state index contributed by atoms with van der Waals surface area (Å²) < 4.78 is 2.02. The van der Waals surface area contributed by atoms with Crippen molar-refractivity contribution in [2.24, 2.45) is 0 Å². The Hall–Kier alpha value is -1.32. The summed E-state index contributed by atoms with van der Waals surface area (Å²) in [5.41, 5.74) is 4.79. The maximum atomic E-state index is 4.54. The van der Waals surface area contributed by atoms with Crippen LogP contribution < -0.4 is 0 Å². The number of rotatable bonds is 5. The van der Waals surface area contributed by atoms with Crippen LogP contribution in [0.5, 0.6) is 0 Å². The van der Waals surface area contributed by atoms with Crippen LogP contribution in [0.15, 0.2) is 30.3 Å². The second kappa shape index (κ2) is 7.46. The molecule has 0 atom stereocenters. The fourth-order valence-electron chi connectivity index (χ4n) is 2.33. The van der Waals surface area contributed by atoms with Gasteiger partial charge in [0.05, 0.1) is 11.4 Å². The highest BCUT2D eigenvalue weighted by Crippen LogP contribution is 2.14. The second-order valence-corrected chi connectivity index (χ2v) is 5.42. The van der Waals surface area contributed by atoms with E-state index in [-0.39, 0.29) is 12.4 Å². The molecule has 0 N–H and O–H groups in total. The van der Waals surface area contributed by atoms with Gasteiger partial charge < -0.3 is 4.90 Å². The van der Waals surface area contributed by atoms with Crippen molar-refractivity contribution < 1.29 is 0 Å². The van der Waals surface area contributed by atoms with Gasteiger partial charge in [-0.05, 0) is 71.1 Å². The van der Waals surface area contributed by atoms with Crippen LogP contribution >= 0.6 is 12.4 Å². The van der Waals surface area contributed by atoms with Gasteiger partial charge in [-0.1, -0.05) is 12.1 Å². The smallest absolute Gasteiger partial charge is 0.0651 e. The summed E-state index contributed by atoms with van der Waals surface area (Å²) in [5, 5.41) is 4.54. The topological polar surface area (TPSA) is 21.1 Å². The molecule has 0 unspecified atom stereocenters. The van der Waals surface area contributed by atoms with Gasteiger partial charge in [-0.3, -0.25) is 0 Å². The fourth-order valence-corrected chi connectivity index (χ4v) is 2.33. The van der Waals surface area contributed by atoms with Gasteiger partial charge in [-0.2, -0.15) is 5.10 Å². The first-order valence-corrected chi connectivity index (χ1v) is 6.83. The van der Waals surface area contributed by atoms with E-state index in [0.29, 0.717) is 0 Å². The Balaban J connectivity index is 0.00000200. The molecule has 4 heteroatoms. The fraction of sp³-hybridized carbons (Fsp3) is 0.438. The van der Waals surface area contributed by atoms with Crippen molar-refractivity contribution in [3.05, 3.63) is 47.3 Å². The van der Waals surface area contributed by atoms with E-state index in [9.17, 15) is 0 Å². The molecule has 0 aliphatic heterocycles. The van der Waals surface area contributed by atoms with Crippen LogP contribution in [0, 0.1) is 13.8 Å². The van der Waals surface area contributed by atoms with Gasteiger partial charge in [0.2, 0.25) is 0 Å². The molecule has 0 aliphatic rings.